The second kappa shape index (κ2) is 16.5. The number of rotatable bonds is 11. The van der Waals surface area contributed by atoms with Crippen molar-refractivity contribution >= 4 is 51.4 Å². The fourth-order valence-electron chi connectivity index (χ4n) is 6.62. The SMILES string of the molecule is CC1=C(C(=O)OC(c2ccccc2)c2ccccc2)N2C(=O)C(NC(=O)C(C(=O)OC(c3ccccc3)c3ccccc3)c3ccccc3)[C@@H]2SC1=CBr. The Morgan fingerprint density at radius 1 is 0.667 bits per heavy atom. The smallest absolute Gasteiger partial charge is 0.356 e. The molecule has 0 saturated carbocycles. The number of hydrogen-bond donors (Lipinski definition) is 1. The minimum absolute atomic E-state index is 0.0874. The summed E-state index contributed by atoms with van der Waals surface area (Å²) in [7, 11) is 0. The first-order valence-electron chi connectivity index (χ1n) is 17.3. The molecule has 7 rings (SSSR count). The Bertz CT molecular complexity index is 2120. The molecule has 0 aliphatic carbocycles. The van der Waals surface area contributed by atoms with E-state index >= 15 is 0 Å². The first-order chi connectivity index (χ1) is 26.4. The van der Waals surface area contributed by atoms with E-state index in [0.717, 1.165) is 22.3 Å². The predicted octanol–water partition coefficient (Wildman–Crippen LogP) is 8.35. The van der Waals surface area contributed by atoms with Gasteiger partial charge < -0.3 is 14.8 Å². The maximum Gasteiger partial charge on any atom is 0.356 e. The fourth-order valence-corrected chi connectivity index (χ4v) is 8.51. The predicted molar refractivity (Wildman–Crippen MR) is 211 cm³/mol. The molecule has 2 amide bonds. The second-order valence-corrected chi connectivity index (χ2v) is 14.4. The van der Waals surface area contributed by atoms with Gasteiger partial charge in [-0.15, -0.1) is 0 Å². The molecule has 10 heteroatoms. The van der Waals surface area contributed by atoms with Crippen LogP contribution in [0.2, 0.25) is 0 Å². The topological polar surface area (TPSA) is 102 Å². The largest absolute Gasteiger partial charge is 0.452 e. The van der Waals surface area contributed by atoms with Crippen molar-refractivity contribution in [1.82, 2.24) is 10.2 Å². The summed E-state index contributed by atoms with van der Waals surface area (Å²) in [5.74, 6) is -4.03. The van der Waals surface area contributed by atoms with Crippen LogP contribution in [0, 0.1) is 0 Å². The number of hydrogen-bond acceptors (Lipinski definition) is 7. The number of esters is 2. The van der Waals surface area contributed by atoms with E-state index in [1.54, 1.807) is 42.2 Å². The van der Waals surface area contributed by atoms with Crippen molar-refractivity contribution in [2.24, 2.45) is 0 Å². The Morgan fingerprint density at radius 3 is 1.50 bits per heavy atom. The van der Waals surface area contributed by atoms with Crippen LogP contribution in [0.15, 0.2) is 173 Å². The highest BCUT2D eigenvalue weighted by Gasteiger charge is 2.56. The van der Waals surface area contributed by atoms with Crippen LogP contribution in [0.4, 0.5) is 0 Å². The monoisotopic (exact) mass is 798 g/mol. The van der Waals surface area contributed by atoms with E-state index in [2.05, 4.69) is 21.2 Å². The molecule has 5 aromatic carbocycles. The number of thioether (sulfide) groups is 1. The first-order valence-corrected chi connectivity index (χ1v) is 19.1. The number of allylic oxidation sites excluding steroid dienone is 1. The highest BCUT2D eigenvalue weighted by molar-refractivity contribution is 9.11. The maximum absolute atomic E-state index is 14.2. The lowest BCUT2D eigenvalue weighted by Gasteiger charge is -2.50. The van der Waals surface area contributed by atoms with Crippen LogP contribution >= 0.6 is 27.7 Å². The summed E-state index contributed by atoms with van der Waals surface area (Å²) >= 11 is 4.74. The van der Waals surface area contributed by atoms with E-state index in [1.807, 2.05) is 121 Å². The maximum atomic E-state index is 14.2. The molecule has 54 heavy (non-hydrogen) atoms. The number of benzene rings is 5. The molecule has 2 heterocycles. The molecule has 3 atom stereocenters. The minimum Gasteiger partial charge on any atom is -0.452 e. The lowest BCUT2D eigenvalue weighted by Crippen LogP contribution is -2.70. The number of carbonyl (C=O) groups is 4. The first kappa shape index (κ1) is 36.6. The van der Waals surface area contributed by atoms with Crippen molar-refractivity contribution < 1.29 is 28.7 Å². The number of fused-ring (bicyclic) bond motifs is 1. The van der Waals surface area contributed by atoms with Crippen LogP contribution in [0.3, 0.4) is 0 Å². The fraction of sp³-hybridized carbons (Fsp3) is 0.136. The van der Waals surface area contributed by atoms with Gasteiger partial charge in [0.15, 0.2) is 18.1 Å². The number of β-lactam (4-membered cyclic amide) rings is 1. The minimum atomic E-state index is -1.39. The number of nitrogens with one attached hydrogen (secondary N) is 1. The average molecular weight is 800 g/mol. The molecular formula is C44H35BrN2O6S. The zero-order valence-electron chi connectivity index (χ0n) is 29.1. The van der Waals surface area contributed by atoms with E-state index in [0.29, 0.717) is 16.0 Å². The number of ether oxygens (including phenoxy) is 2. The van der Waals surface area contributed by atoms with Crippen LogP contribution in [0.25, 0.3) is 0 Å². The molecular weight excluding hydrogens is 764 g/mol. The van der Waals surface area contributed by atoms with Gasteiger partial charge in [-0.25, -0.2) is 4.79 Å². The van der Waals surface area contributed by atoms with Gasteiger partial charge in [0.2, 0.25) is 5.91 Å². The van der Waals surface area contributed by atoms with Gasteiger partial charge in [-0.1, -0.05) is 179 Å². The second-order valence-electron chi connectivity index (χ2n) is 12.7. The highest BCUT2D eigenvalue weighted by atomic mass is 79.9. The number of amides is 2. The molecule has 5 aromatic rings. The Kier molecular flexibility index (Phi) is 11.2. The standard InChI is InChI=1S/C44H35BrN2O6S/c1-28-34(27-45)54-42-36(41(49)47(42)37(28)44(51)53-39(32-23-13-5-14-24-32)33-25-15-6-16-26-33)46-40(48)35(29-17-7-2-8-18-29)43(50)52-38(30-19-9-3-10-20-30)31-21-11-4-12-22-31/h2-27,35-36,38-39,42H,1H3,(H,46,48)/t35?,36?,42-/m0/s1. The summed E-state index contributed by atoms with van der Waals surface area (Å²) in [6.07, 6.45) is -1.51. The van der Waals surface area contributed by atoms with E-state index in [-0.39, 0.29) is 5.70 Å². The quantitative estimate of drug-likeness (QED) is 0.0815. The molecule has 2 aliphatic rings. The van der Waals surface area contributed by atoms with E-state index in [4.69, 9.17) is 9.47 Å². The van der Waals surface area contributed by atoms with Gasteiger partial charge in [0.25, 0.3) is 5.91 Å². The molecule has 0 radical (unpaired) electrons. The van der Waals surface area contributed by atoms with Crippen molar-refractivity contribution in [3.8, 4) is 0 Å². The zero-order valence-corrected chi connectivity index (χ0v) is 31.5. The van der Waals surface area contributed by atoms with Crippen LogP contribution in [-0.4, -0.2) is 40.1 Å². The number of nitrogens with zero attached hydrogens (tertiary/aromatic N) is 1. The summed E-state index contributed by atoms with van der Waals surface area (Å²) in [5, 5.41) is 2.16. The third-order valence-corrected chi connectivity index (χ3v) is 11.5. The Morgan fingerprint density at radius 2 is 1.07 bits per heavy atom. The van der Waals surface area contributed by atoms with Crippen molar-refractivity contribution in [1.29, 1.82) is 0 Å². The molecule has 1 fully saturated rings. The van der Waals surface area contributed by atoms with Crippen molar-refractivity contribution in [2.75, 3.05) is 0 Å². The van der Waals surface area contributed by atoms with Crippen LogP contribution in [0.5, 0.6) is 0 Å². The van der Waals surface area contributed by atoms with E-state index < -0.39 is 53.3 Å². The molecule has 0 bridgehead atoms. The molecule has 0 spiro atoms. The molecule has 1 N–H and O–H groups in total. The summed E-state index contributed by atoms with van der Waals surface area (Å²) in [6, 6.07) is 45.0. The lowest BCUT2D eigenvalue weighted by molar-refractivity contribution is -0.156. The molecule has 2 unspecified atom stereocenters. The molecule has 2 aliphatic heterocycles. The molecule has 8 nitrogen and oxygen atoms in total. The number of carbonyl (C=O) groups excluding carboxylic acids is 4. The lowest BCUT2D eigenvalue weighted by atomic mass is 9.95. The van der Waals surface area contributed by atoms with Crippen LogP contribution in [0.1, 0.15) is 52.9 Å². The zero-order chi connectivity index (χ0) is 37.6. The normalized spacial score (nSPS) is 17.8. The van der Waals surface area contributed by atoms with Crippen molar-refractivity contribution in [2.45, 2.75) is 36.5 Å². The van der Waals surface area contributed by atoms with Gasteiger partial charge >= 0.3 is 11.9 Å². The Hall–Kier alpha value is -5.71. The summed E-state index contributed by atoms with van der Waals surface area (Å²) in [4.78, 5) is 60.3. The molecule has 1 saturated heterocycles. The summed E-state index contributed by atoms with van der Waals surface area (Å²) < 4.78 is 12.3. The van der Waals surface area contributed by atoms with Crippen molar-refractivity contribution in [3.63, 3.8) is 0 Å². The third kappa shape index (κ3) is 7.53. The van der Waals surface area contributed by atoms with Gasteiger partial charge in [-0.05, 0) is 45.3 Å². The summed E-state index contributed by atoms with van der Waals surface area (Å²) in [6.45, 7) is 1.75. The van der Waals surface area contributed by atoms with Gasteiger partial charge in [0, 0.05) is 4.91 Å². The van der Waals surface area contributed by atoms with Gasteiger partial charge in [-0.2, -0.15) is 0 Å². The number of halogens is 1. The van der Waals surface area contributed by atoms with Crippen LogP contribution in [-0.2, 0) is 28.7 Å². The van der Waals surface area contributed by atoms with E-state index in [1.165, 1.54) is 16.7 Å². The van der Waals surface area contributed by atoms with E-state index in [9.17, 15) is 19.2 Å². The Labute approximate surface area is 326 Å². The average Bonchev–Trinajstić information content (AvgIpc) is 3.22. The van der Waals surface area contributed by atoms with Gasteiger partial charge in [0.1, 0.15) is 17.1 Å². The van der Waals surface area contributed by atoms with Gasteiger partial charge in [-0.3, -0.25) is 19.3 Å². The van der Waals surface area contributed by atoms with Crippen molar-refractivity contribution in [3.05, 3.63) is 201 Å². The Balaban J connectivity index is 1.15. The molecule has 0 aromatic heterocycles. The highest BCUT2D eigenvalue weighted by Crippen LogP contribution is 2.47. The van der Waals surface area contributed by atoms with Gasteiger partial charge in [0.05, 0.1) is 0 Å². The third-order valence-electron chi connectivity index (χ3n) is 9.35. The summed E-state index contributed by atoms with van der Waals surface area (Å²) in [5.41, 5.74) is 4.08. The molecule has 270 valence electrons. The van der Waals surface area contributed by atoms with Crippen LogP contribution < -0.4 is 5.32 Å².